The number of para-hydroxylation sites is 1. The third-order valence-electron chi connectivity index (χ3n) is 3.98. The molecule has 1 amide bonds. The molecule has 0 aliphatic carbocycles. The van der Waals surface area contributed by atoms with Crippen molar-refractivity contribution in [3.8, 4) is 0 Å². The zero-order valence-electron chi connectivity index (χ0n) is 14.5. The predicted molar refractivity (Wildman–Crippen MR) is 91.7 cm³/mol. The van der Waals surface area contributed by atoms with Crippen LogP contribution in [0.15, 0.2) is 36.7 Å². The molecule has 6 nitrogen and oxygen atoms in total. The van der Waals surface area contributed by atoms with Gasteiger partial charge in [-0.05, 0) is 37.5 Å². The van der Waals surface area contributed by atoms with Crippen molar-refractivity contribution in [1.29, 1.82) is 0 Å². The highest BCUT2D eigenvalue weighted by Crippen LogP contribution is 2.28. The average molecular weight is 329 g/mol. The van der Waals surface area contributed by atoms with Crippen molar-refractivity contribution >= 4 is 17.6 Å². The maximum absolute atomic E-state index is 13.0. The summed E-state index contributed by atoms with van der Waals surface area (Å²) >= 11 is 0. The van der Waals surface area contributed by atoms with Gasteiger partial charge in [0.25, 0.3) is 0 Å². The second-order valence-corrected chi connectivity index (χ2v) is 5.66. The molecule has 1 aromatic heterocycles. The van der Waals surface area contributed by atoms with Gasteiger partial charge in [0, 0.05) is 12.4 Å². The van der Waals surface area contributed by atoms with Gasteiger partial charge in [-0.25, -0.2) is 4.79 Å². The lowest BCUT2D eigenvalue weighted by molar-refractivity contribution is -0.143. The highest BCUT2D eigenvalue weighted by Gasteiger charge is 2.32. The number of esters is 1. The summed E-state index contributed by atoms with van der Waals surface area (Å²) in [6.07, 6.45) is 3.80. The van der Waals surface area contributed by atoms with Gasteiger partial charge in [0.2, 0.25) is 5.91 Å². The fraction of sp³-hybridized carbons (Fsp3) is 0.389. The third kappa shape index (κ3) is 3.64. The molecule has 0 spiro atoms. The molecule has 24 heavy (non-hydrogen) atoms. The van der Waals surface area contributed by atoms with E-state index in [1.54, 1.807) is 28.0 Å². The van der Waals surface area contributed by atoms with Crippen LogP contribution >= 0.6 is 0 Å². The highest BCUT2D eigenvalue weighted by molar-refractivity contribution is 6.00. The number of amides is 1. The van der Waals surface area contributed by atoms with Gasteiger partial charge < -0.3 is 4.74 Å². The number of carbonyl (C=O) groups is 2. The van der Waals surface area contributed by atoms with E-state index in [0.29, 0.717) is 6.42 Å². The number of hydrogen-bond acceptors (Lipinski definition) is 4. The molecule has 0 fully saturated rings. The fourth-order valence-corrected chi connectivity index (χ4v) is 2.84. The smallest absolute Gasteiger partial charge is 0.328 e. The minimum atomic E-state index is -0.669. The minimum Gasteiger partial charge on any atom is -0.467 e. The van der Waals surface area contributed by atoms with Crippen LogP contribution in [0, 0.1) is 13.8 Å². The van der Waals surface area contributed by atoms with Crippen LogP contribution in [0.3, 0.4) is 0 Å². The summed E-state index contributed by atoms with van der Waals surface area (Å²) in [6, 6.07) is 6.89. The Labute approximate surface area is 142 Å². The number of benzene rings is 1. The molecule has 6 heteroatoms. The number of anilines is 1. The number of nitrogens with zero attached hydrogens (tertiary/aromatic N) is 3. The Morgan fingerprint density at radius 2 is 1.92 bits per heavy atom. The Hall–Kier alpha value is -2.63. The molecule has 0 aliphatic heterocycles. The molecule has 2 aromatic rings. The topological polar surface area (TPSA) is 64.4 Å². The molecule has 0 saturated heterocycles. The molecule has 0 aliphatic rings. The van der Waals surface area contributed by atoms with E-state index in [-0.39, 0.29) is 12.5 Å². The number of methoxy groups -OCH3 is 1. The summed E-state index contributed by atoms with van der Waals surface area (Å²) in [4.78, 5) is 26.8. The van der Waals surface area contributed by atoms with E-state index in [0.717, 1.165) is 16.8 Å². The minimum absolute atomic E-state index is 0.0638. The second kappa shape index (κ2) is 7.77. The zero-order valence-corrected chi connectivity index (χ0v) is 14.5. The van der Waals surface area contributed by atoms with Gasteiger partial charge >= 0.3 is 5.97 Å². The monoisotopic (exact) mass is 329 g/mol. The second-order valence-electron chi connectivity index (χ2n) is 5.66. The maximum atomic E-state index is 13.0. The Kier molecular flexibility index (Phi) is 5.73. The average Bonchev–Trinajstić information content (AvgIpc) is 3.06. The Bertz CT molecular complexity index is 690. The summed E-state index contributed by atoms with van der Waals surface area (Å²) in [7, 11) is 1.34. The molecule has 0 radical (unpaired) electrons. The third-order valence-corrected chi connectivity index (χ3v) is 3.98. The summed E-state index contributed by atoms with van der Waals surface area (Å²) in [5, 5.41) is 4.08. The van der Waals surface area contributed by atoms with Crippen molar-refractivity contribution in [3.63, 3.8) is 0 Å². The van der Waals surface area contributed by atoms with Gasteiger partial charge in [0.05, 0.1) is 12.8 Å². The van der Waals surface area contributed by atoms with Crippen LogP contribution in [0.5, 0.6) is 0 Å². The first kappa shape index (κ1) is 17.7. The SMILES string of the molecule is CCC(C(=O)OC)N(C(=O)Cn1cccn1)c1c(C)cccc1C. The number of carbonyl (C=O) groups excluding carboxylic acids is 2. The van der Waals surface area contributed by atoms with Crippen molar-refractivity contribution in [3.05, 3.63) is 47.8 Å². The molecule has 128 valence electrons. The predicted octanol–water partition coefficient (Wildman–Crippen LogP) is 2.48. The van der Waals surface area contributed by atoms with Gasteiger partial charge in [-0.1, -0.05) is 25.1 Å². The van der Waals surface area contributed by atoms with Crippen molar-refractivity contribution in [2.75, 3.05) is 12.0 Å². The van der Waals surface area contributed by atoms with Crippen LogP contribution < -0.4 is 4.90 Å². The lowest BCUT2D eigenvalue weighted by atomic mass is 10.0. The maximum Gasteiger partial charge on any atom is 0.328 e. The van der Waals surface area contributed by atoms with Gasteiger partial charge in [0.15, 0.2) is 0 Å². The first-order valence-corrected chi connectivity index (χ1v) is 7.93. The largest absolute Gasteiger partial charge is 0.467 e. The van der Waals surface area contributed by atoms with Crippen LogP contribution in [0.2, 0.25) is 0 Å². The van der Waals surface area contributed by atoms with E-state index < -0.39 is 12.0 Å². The Balaban J connectivity index is 2.48. The van der Waals surface area contributed by atoms with Crippen molar-refractivity contribution in [2.45, 2.75) is 39.8 Å². The number of aromatic nitrogens is 2. The van der Waals surface area contributed by atoms with E-state index in [1.807, 2.05) is 39.0 Å². The van der Waals surface area contributed by atoms with Crippen LogP contribution in [0.1, 0.15) is 24.5 Å². The Morgan fingerprint density at radius 3 is 2.42 bits per heavy atom. The van der Waals surface area contributed by atoms with E-state index >= 15 is 0 Å². The number of hydrogen-bond donors (Lipinski definition) is 0. The van der Waals surface area contributed by atoms with Gasteiger partial charge in [-0.2, -0.15) is 5.10 Å². The molecule has 2 rings (SSSR count). The zero-order chi connectivity index (χ0) is 17.7. The van der Waals surface area contributed by atoms with Crippen LogP contribution in [-0.2, 0) is 20.9 Å². The first-order chi connectivity index (χ1) is 11.5. The summed E-state index contributed by atoms with van der Waals surface area (Å²) in [5.74, 6) is -0.623. The van der Waals surface area contributed by atoms with Crippen molar-refractivity contribution in [1.82, 2.24) is 9.78 Å². The molecule has 0 bridgehead atoms. The number of ether oxygens (including phenoxy) is 1. The van der Waals surface area contributed by atoms with E-state index in [1.165, 1.54) is 7.11 Å². The molecule has 1 aromatic carbocycles. The summed E-state index contributed by atoms with van der Waals surface area (Å²) in [5.41, 5.74) is 2.63. The number of aryl methyl sites for hydroxylation is 2. The molecular weight excluding hydrogens is 306 g/mol. The van der Waals surface area contributed by atoms with Crippen LogP contribution in [-0.4, -0.2) is 34.8 Å². The molecule has 0 saturated carbocycles. The lowest BCUT2D eigenvalue weighted by Crippen LogP contribution is -2.47. The van der Waals surface area contributed by atoms with Crippen molar-refractivity contribution in [2.24, 2.45) is 0 Å². The van der Waals surface area contributed by atoms with Gasteiger partial charge in [-0.3, -0.25) is 14.4 Å². The molecular formula is C18H23N3O3. The summed E-state index contributed by atoms with van der Waals surface area (Å²) < 4.78 is 6.46. The highest BCUT2D eigenvalue weighted by atomic mass is 16.5. The van der Waals surface area contributed by atoms with E-state index in [9.17, 15) is 9.59 Å². The lowest BCUT2D eigenvalue weighted by Gasteiger charge is -2.32. The molecule has 1 atom stereocenters. The quantitative estimate of drug-likeness (QED) is 0.764. The first-order valence-electron chi connectivity index (χ1n) is 7.93. The number of rotatable bonds is 6. The fourth-order valence-electron chi connectivity index (χ4n) is 2.84. The van der Waals surface area contributed by atoms with E-state index in [4.69, 9.17) is 4.74 Å². The van der Waals surface area contributed by atoms with E-state index in [2.05, 4.69) is 5.10 Å². The Morgan fingerprint density at radius 1 is 1.25 bits per heavy atom. The standard InChI is InChI=1S/C18H23N3O3/c1-5-15(18(23)24-4)21(16(22)12-20-11-7-10-19-20)17-13(2)8-6-9-14(17)3/h6-11,15H,5,12H2,1-4H3. The normalized spacial score (nSPS) is 11.8. The van der Waals surface area contributed by atoms with Crippen LogP contribution in [0.4, 0.5) is 5.69 Å². The summed E-state index contributed by atoms with van der Waals surface area (Å²) in [6.45, 7) is 5.79. The molecule has 1 unspecified atom stereocenters. The van der Waals surface area contributed by atoms with Crippen molar-refractivity contribution < 1.29 is 14.3 Å². The van der Waals surface area contributed by atoms with Gasteiger partial charge in [0.1, 0.15) is 12.6 Å². The molecule has 1 heterocycles. The van der Waals surface area contributed by atoms with Crippen LogP contribution in [0.25, 0.3) is 0 Å². The van der Waals surface area contributed by atoms with Gasteiger partial charge in [-0.15, -0.1) is 0 Å². The molecule has 0 N–H and O–H groups in total.